The van der Waals surface area contributed by atoms with E-state index in [4.69, 9.17) is 17.3 Å². The molecule has 0 saturated heterocycles. The SMILES string of the molecule is O=C(C=Cc1ccccc1)NC(=S)Nc1ccccc1C(=O)NCCCO. The third-order valence-electron chi connectivity index (χ3n) is 3.50. The minimum atomic E-state index is -0.374. The Bertz CT molecular complexity index is 822. The van der Waals surface area contributed by atoms with Gasteiger partial charge in [0, 0.05) is 19.2 Å². The molecule has 2 aromatic rings. The normalized spacial score (nSPS) is 10.4. The summed E-state index contributed by atoms with van der Waals surface area (Å²) in [7, 11) is 0. The van der Waals surface area contributed by atoms with Crippen molar-refractivity contribution in [2.45, 2.75) is 6.42 Å². The number of hydrogen-bond acceptors (Lipinski definition) is 4. The molecule has 0 radical (unpaired) electrons. The van der Waals surface area contributed by atoms with Gasteiger partial charge in [0.25, 0.3) is 5.91 Å². The molecule has 140 valence electrons. The van der Waals surface area contributed by atoms with E-state index in [1.807, 2.05) is 30.3 Å². The molecule has 0 aliphatic carbocycles. The lowest BCUT2D eigenvalue weighted by Crippen LogP contribution is -2.34. The average Bonchev–Trinajstić information content (AvgIpc) is 2.67. The van der Waals surface area contributed by atoms with Crippen molar-refractivity contribution in [3.05, 3.63) is 71.8 Å². The van der Waals surface area contributed by atoms with Crippen LogP contribution in [0.2, 0.25) is 0 Å². The molecule has 0 atom stereocenters. The summed E-state index contributed by atoms with van der Waals surface area (Å²) in [6, 6.07) is 16.3. The predicted molar refractivity (Wildman–Crippen MR) is 110 cm³/mol. The van der Waals surface area contributed by atoms with Gasteiger partial charge in [0.1, 0.15) is 0 Å². The first-order valence-corrected chi connectivity index (χ1v) is 8.84. The molecule has 0 aromatic heterocycles. The van der Waals surface area contributed by atoms with Crippen LogP contribution in [0.3, 0.4) is 0 Å². The average molecular weight is 383 g/mol. The van der Waals surface area contributed by atoms with Crippen molar-refractivity contribution >= 4 is 40.9 Å². The number of carbonyl (C=O) groups excluding carboxylic acids is 2. The number of thiocarbonyl (C=S) groups is 1. The van der Waals surface area contributed by atoms with Crippen LogP contribution < -0.4 is 16.0 Å². The molecule has 0 aliphatic rings. The second kappa shape index (κ2) is 10.8. The molecule has 0 fully saturated rings. The lowest BCUT2D eigenvalue weighted by atomic mass is 10.1. The first kappa shape index (κ1) is 20.3. The molecule has 0 bridgehead atoms. The molecule has 0 spiro atoms. The quantitative estimate of drug-likeness (QED) is 0.335. The molecule has 27 heavy (non-hydrogen) atoms. The number of benzene rings is 2. The maximum Gasteiger partial charge on any atom is 0.253 e. The third kappa shape index (κ3) is 7.01. The van der Waals surface area contributed by atoms with Crippen LogP contribution >= 0.6 is 12.2 Å². The molecule has 0 unspecified atom stereocenters. The fourth-order valence-corrected chi connectivity index (χ4v) is 2.42. The Hall–Kier alpha value is -3.03. The number of para-hydroxylation sites is 1. The number of nitrogens with one attached hydrogen (secondary N) is 3. The van der Waals surface area contributed by atoms with Gasteiger partial charge in [-0.05, 0) is 42.4 Å². The molecule has 0 aliphatic heterocycles. The van der Waals surface area contributed by atoms with Gasteiger partial charge in [0.15, 0.2) is 5.11 Å². The van der Waals surface area contributed by atoms with Gasteiger partial charge in [-0.15, -0.1) is 0 Å². The van der Waals surface area contributed by atoms with Gasteiger partial charge < -0.3 is 15.7 Å². The van der Waals surface area contributed by atoms with Crippen molar-refractivity contribution in [1.29, 1.82) is 0 Å². The molecule has 7 heteroatoms. The van der Waals surface area contributed by atoms with Crippen LogP contribution in [0.5, 0.6) is 0 Å². The van der Waals surface area contributed by atoms with Gasteiger partial charge in [-0.25, -0.2) is 0 Å². The number of rotatable bonds is 7. The topological polar surface area (TPSA) is 90.5 Å². The maximum atomic E-state index is 12.2. The number of amides is 2. The summed E-state index contributed by atoms with van der Waals surface area (Å²) in [5.41, 5.74) is 1.78. The first-order chi connectivity index (χ1) is 13.1. The van der Waals surface area contributed by atoms with Crippen LogP contribution in [0.4, 0.5) is 5.69 Å². The third-order valence-corrected chi connectivity index (χ3v) is 3.71. The molecule has 6 nitrogen and oxygen atoms in total. The van der Waals surface area contributed by atoms with E-state index in [-0.39, 0.29) is 23.5 Å². The van der Waals surface area contributed by atoms with E-state index in [2.05, 4.69) is 16.0 Å². The van der Waals surface area contributed by atoms with E-state index in [9.17, 15) is 9.59 Å². The largest absolute Gasteiger partial charge is 0.396 e. The smallest absolute Gasteiger partial charge is 0.253 e. The fraction of sp³-hybridized carbons (Fsp3) is 0.150. The van der Waals surface area contributed by atoms with Crippen molar-refractivity contribution in [1.82, 2.24) is 10.6 Å². The fourth-order valence-electron chi connectivity index (χ4n) is 2.21. The van der Waals surface area contributed by atoms with Gasteiger partial charge in [-0.3, -0.25) is 14.9 Å². The zero-order chi connectivity index (χ0) is 19.5. The van der Waals surface area contributed by atoms with Gasteiger partial charge in [-0.2, -0.15) is 0 Å². The number of anilines is 1. The minimum absolute atomic E-state index is 0.00674. The molecule has 2 aromatic carbocycles. The highest BCUT2D eigenvalue weighted by Gasteiger charge is 2.12. The van der Waals surface area contributed by atoms with Crippen LogP contribution in [0.25, 0.3) is 6.08 Å². The van der Waals surface area contributed by atoms with Crippen LogP contribution in [0.1, 0.15) is 22.3 Å². The zero-order valence-corrected chi connectivity index (χ0v) is 15.5. The Kier molecular flexibility index (Phi) is 8.15. The van der Waals surface area contributed by atoms with E-state index in [0.29, 0.717) is 24.2 Å². The Morgan fingerprint density at radius 1 is 1.04 bits per heavy atom. The van der Waals surface area contributed by atoms with Crippen LogP contribution in [0, 0.1) is 0 Å². The number of aliphatic hydroxyl groups excluding tert-OH is 1. The molecular weight excluding hydrogens is 362 g/mol. The molecule has 4 N–H and O–H groups in total. The summed E-state index contributed by atoms with van der Waals surface area (Å²) in [6.45, 7) is 0.377. The molecule has 0 heterocycles. The standard InChI is InChI=1S/C20H21N3O3S/c24-14-6-13-21-19(26)16-9-4-5-10-17(16)22-20(27)23-18(25)12-11-15-7-2-1-3-8-15/h1-5,7-12,24H,6,13-14H2,(H,21,26)(H2,22,23,25,27). The molecular formula is C20H21N3O3S. The van der Waals surface area contributed by atoms with Gasteiger partial charge in [0.05, 0.1) is 11.3 Å². The second-order valence-electron chi connectivity index (χ2n) is 5.57. The zero-order valence-electron chi connectivity index (χ0n) is 14.6. The van der Waals surface area contributed by atoms with Crippen LogP contribution in [0.15, 0.2) is 60.7 Å². The van der Waals surface area contributed by atoms with Crippen molar-refractivity contribution < 1.29 is 14.7 Å². The van der Waals surface area contributed by atoms with Gasteiger partial charge in [-0.1, -0.05) is 42.5 Å². The summed E-state index contributed by atoms with van der Waals surface area (Å²) < 4.78 is 0. The van der Waals surface area contributed by atoms with Crippen molar-refractivity contribution in [2.24, 2.45) is 0 Å². The highest BCUT2D eigenvalue weighted by atomic mass is 32.1. The first-order valence-electron chi connectivity index (χ1n) is 8.43. The summed E-state index contributed by atoms with van der Waals surface area (Å²) in [4.78, 5) is 24.2. The van der Waals surface area contributed by atoms with Crippen molar-refractivity contribution in [3.8, 4) is 0 Å². The Labute approximate surface area is 163 Å². The summed E-state index contributed by atoms with van der Waals surface area (Å²) >= 11 is 5.15. The predicted octanol–water partition coefficient (Wildman–Crippen LogP) is 2.33. The lowest BCUT2D eigenvalue weighted by molar-refractivity contribution is -0.115. The van der Waals surface area contributed by atoms with Crippen LogP contribution in [-0.2, 0) is 4.79 Å². The molecule has 2 rings (SSSR count). The van der Waals surface area contributed by atoms with Crippen molar-refractivity contribution in [3.63, 3.8) is 0 Å². The van der Waals surface area contributed by atoms with E-state index >= 15 is 0 Å². The lowest BCUT2D eigenvalue weighted by Gasteiger charge is -2.13. The van der Waals surface area contributed by atoms with Gasteiger partial charge in [0.2, 0.25) is 5.91 Å². The highest BCUT2D eigenvalue weighted by molar-refractivity contribution is 7.80. The molecule has 0 saturated carbocycles. The Morgan fingerprint density at radius 3 is 2.48 bits per heavy atom. The van der Waals surface area contributed by atoms with Crippen LogP contribution in [-0.4, -0.2) is 35.2 Å². The Balaban J connectivity index is 1.94. The Morgan fingerprint density at radius 2 is 1.74 bits per heavy atom. The monoisotopic (exact) mass is 383 g/mol. The highest BCUT2D eigenvalue weighted by Crippen LogP contribution is 2.14. The summed E-state index contributed by atoms with van der Waals surface area (Å²) in [6.07, 6.45) is 3.54. The van der Waals surface area contributed by atoms with E-state index < -0.39 is 0 Å². The molecule has 2 amide bonds. The summed E-state index contributed by atoms with van der Waals surface area (Å²) in [5.74, 6) is -0.661. The number of hydrogen-bond donors (Lipinski definition) is 4. The maximum absolute atomic E-state index is 12.2. The van der Waals surface area contributed by atoms with Gasteiger partial charge >= 0.3 is 0 Å². The second-order valence-corrected chi connectivity index (χ2v) is 5.97. The van der Waals surface area contributed by atoms with E-state index in [1.54, 1.807) is 30.3 Å². The minimum Gasteiger partial charge on any atom is -0.396 e. The summed E-state index contributed by atoms with van der Waals surface area (Å²) in [5, 5.41) is 17.0. The van der Waals surface area contributed by atoms with E-state index in [1.165, 1.54) is 6.08 Å². The van der Waals surface area contributed by atoms with E-state index in [0.717, 1.165) is 5.56 Å². The number of carbonyl (C=O) groups is 2. The van der Waals surface area contributed by atoms with Crippen molar-refractivity contribution in [2.75, 3.05) is 18.5 Å². The number of aliphatic hydroxyl groups is 1.